The number of hydrogen-bond acceptors (Lipinski definition) is 8. The van der Waals surface area contributed by atoms with Gasteiger partial charge < -0.3 is 0 Å². The van der Waals surface area contributed by atoms with E-state index in [0.717, 1.165) is 0 Å². The summed E-state index contributed by atoms with van der Waals surface area (Å²) in [5.74, 6) is 0. The Morgan fingerprint density at radius 2 is 0.917 bits per heavy atom. The second-order valence-electron chi connectivity index (χ2n) is 7.00. The molecule has 0 aliphatic heterocycles. The largest absolute Gasteiger partial charge is 0.264 e. The number of nitro groups is 4. The summed E-state index contributed by atoms with van der Waals surface area (Å²) in [7, 11) is 0. The molecule has 0 bridgehead atoms. The fourth-order valence-electron chi connectivity index (χ4n) is 2.25. The van der Waals surface area contributed by atoms with Crippen LogP contribution in [0.15, 0.2) is 0 Å². The van der Waals surface area contributed by atoms with Gasteiger partial charge in [0.25, 0.3) is 0 Å². The summed E-state index contributed by atoms with van der Waals surface area (Å²) in [5.41, 5.74) is -3.08. The third-order valence-corrected chi connectivity index (χ3v) is 3.89. The molecule has 0 aromatic rings. The molecule has 0 aliphatic carbocycles. The maximum Gasteiger partial charge on any atom is 0.223 e. The highest BCUT2D eigenvalue weighted by molar-refractivity contribution is 4.77. The van der Waals surface area contributed by atoms with Gasteiger partial charge in [-0.15, -0.1) is 0 Å². The van der Waals surface area contributed by atoms with Crippen LogP contribution in [-0.4, -0.2) is 42.9 Å². The third-order valence-electron chi connectivity index (χ3n) is 3.89. The van der Waals surface area contributed by atoms with Gasteiger partial charge in [0.15, 0.2) is 0 Å². The summed E-state index contributed by atoms with van der Waals surface area (Å²) in [6.45, 7) is 4.96. The molecule has 2 atom stereocenters. The third kappa shape index (κ3) is 6.38. The highest BCUT2D eigenvalue weighted by Gasteiger charge is 2.42. The van der Waals surface area contributed by atoms with Crippen LogP contribution in [-0.2, 0) is 0 Å². The minimum Gasteiger partial charge on any atom is -0.264 e. The lowest BCUT2D eigenvalue weighted by molar-refractivity contribution is -0.593. The van der Waals surface area contributed by atoms with Gasteiger partial charge in [-0.1, -0.05) is 0 Å². The highest BCUT2D eigenvalue weighted by atomic mass is 16.6. The maximum absolute atomic E-state index is 11.1. The summed E-state index contributed by atoms with van der Waals surface area (Å²) in [5, 5.41) is 43.9. The highest BCUT2D eigenvalue weighted by Crippen LogP contribution is 2.24. The molecule has 0 fully saturated rings. The van der Waals surface area contributed by atoms with Gasteiger partial charge in [-0.3, -0.25) is 40.5 Å². The van der Waals surface area contributed by atoms with Gasteiger partial charge in [-0.05, 0) is 0 Å². The van der Waals surface area contributed by atoms with E-state index in [1.807, 2.05) is 0 Å². The van der Waals surface area contributed by atoms with Crippen molar-refractivity contribution in [3.8, 4) is 0 Å². The van der Waals surface area contributed by atoms with Crippen molar-refractivity contribution in [2.24, 2.45) is 0 Å². The van der Waals surface area contributed by atoms with Crippen molar-refractivity contribution in [2.75, 3.05) is 0 Å². The van der Waals surface area contributed by atoms with Gasteiger partial charge in [0.05, 0.1) is 12.8 Å². The molecule has 0 heterocycles. The summed E-state index contributed by atoms with van der Waals surface area (Å²) in [6, 6.07) is -2.65. The topological polar surface area (TPSA) is 173 Å². The minimum absolute atomic E-state index is 0.260. The monoisotopic (exact) mass is 350 g/mol. The lowest BCUT2D eigenvalue weighted by Gasteiger charge is -2.20. The van der Waals surface area contributed by atoms with Crippen LogP contribution in [0, 0.1) is 40.5 Å². The molecule has 0 N–H and O–H groups in total. The molecular weight excluding hydrogens is 328 g/mol. The van der Waals surface area contributed by atoms with E-state index in [0.29, 0.717) is 0 Å². The van der Waals surface area contributed by atoms with E-state index in [9.17, 15) is 40.5 Å². The quantitative estimate of drug-likeness (QED) is 0.401. The Bertz CT molecular complexity index is 473. The van der Waals surface area contributed by atoms with Gasteiger partial charge in [0, 0.05) is 60.2 Å². The van der Waals surface area contributed by atoms with Crippen LogP contribution < -0.4 is 0 Å². The molecule has 24 heavy (non-hydrogen) atoms. The fourth-order valence-corrected chi connectivity index (χ4v) is 2.25. The molecule has 12 heteroatoms. The van der Waals surface area contributed by atoms with Crippen molar-refractivity contribution >= 4 is 0 Å². The van der Waals surface area contributed by atoms with Gasteiger partial charge in [0.2, 0.25) is 23.2 Å². The predicted octanol–water partition coefficient (Wildman–Crippen LogP) is 1.95. The average molecular weight is 350 g/mol. The van der Waals surface area contributed by atoms with E-state index in [-0.39, 0.29) is 25.7 Å². The average Bonchev–Trinajstić information content (AvgIpc) is 2.40. The number of rotatable bonds is 11. The standard InChI is InChI=1S/C12H22N4O8/c1-11(2,15(21)22)7-9(13(17)18)5-6-10(14(19)20)8-12(3,4)16(23)24/h9-10H,5-8H2,1-4H3. The molecule has 0 rings (SSSR count). The molecule has 0 aromatic heterocycles. The molecule has 2 unspecified atom stereocenters. The zero-order valence-electron chi connectivity index (χ0n) is 14.0. The first-order valence-electron chi connectivity index (χ1n) is 7.26. The van der Waals surface area contributed by atoms with Crippen LogP contribution in [0.4, 0.5) is 0 Å². The normalized spacial score (nSPS) is 14.7. The van der Waals surface area contributed by atoms with E-state index in [4.69, 9.17) is 0 Å². The van der Waals surface area contributed by atoms with Crippen molar-refractivity contribution < 1.29 is 19.7 Å². The Morgan fingerprint density at radius 3 is 1.08 bits per heavy atom. The second-order valence-corrected chi connectivity index (χ2v) is 7.00. The molecule has 0 spiro atoms. The van der Waals surface area contributed by atoms with Gasteiger partial charge in [0.1, 0.15) is 0 Å². The van der Waals surface area contributed by atoms with Crippen LogP contribution in [0.2, 0.25) is 0 Å². The SMILES string of the molecule is CC(C)(CC(CCC(CC(C)(C)[N+](=O)[O-])[N+](=O)[O-])[N+](=O)[O-])[N+](=O)[O-]. The first-order chi connectivity index (χ1) is 10.7. The molecule has 0 amide bonds. The lowest BCUT2D eigenvalue weighted by Crippen LogP contribution is -2.40. The fraction of sp³-hybridized carbons (Fsp3) is 1.00. The first kappa shape index (κ1) is 21.6. The summed E-state index contributed by atoms with van der Waals surface area (Å²) in [6.07, 6.45) is -1.28. The summed E-state index contributed by atoms with van der Waals surface area (Å²) < 4.78 is 0. The minimum atomic E-state index is -1.54. The molecule has 0 radical (unpaired) electrons. The van der Waals surface area contributed by atoms with Crippen molar-refractivity contribution in [1.29, 1.82) is 0 Å². The van der Waals surface area contributed by atoms with E-state index in [2.05, 4.69) is 0 Å². The van der Waals surface area contributed by atoms with Crippen LogP contribution >= 0.6 is 0 Å². The van der Waals surface area contributed by atoms with Crippen LogP contribution in [0.25, 0.3) is 0 Å². The van der Waals surface area contributed by atoms with Crippen molar-refractivity contribution in [3.05, 3.63) is 40.5 Å². The molecule has 138 valence electrons. The van der Waals surface area contributed by atoms with E-state index >= 15 is 0 Å². The summed E-state index contributed by atoms with van der Waals surface area (Å²) >= 11 is 0. The lowest BCUT2D eigenvalue weighted by atomic mass is 9.89. The van der Waals surface area contributed by atoms with E-state index in [1.165, 1.54) is 27.7 Å². The number of nitrogens with zero attached hydrogens (tertiary/aromatic N) is 4. The first-order valence-corrected chi connectivity index (χ1v) is 7.26. The Morgan fingerprint density at radius 1 is 0.667 bits per heavy atom. The zero-order valence-corrected chi connectivity index (χ0v) is 14.0. The Kier molecular flexibility index (Phi) is 7.13. The Balaban J connectivity index is 5.04. The van der Waals surface area contributed by atoms with Gasteiger partial charge in [-0.25, -0.2) is 0 Å². The van der Waals surface area contributed by atoms with Crippen LogP contribution in [0.1, 0.15) is 53.4 Å². The van der Waals surface area contributed by atoms with Crippen molar-refractivity contribution in [2.45, 2.75) is 76.5 Å². The van der Waals surface area contributed by atoms with Crippen LogP contribution in [0.3, 0.4) is 0 Å². The molecule has 12 nitrogen and oxygen atoms in total. The van der Waals surface area contributed by atoms with Gasteiger partial charge in [-0.2, -0.15) is 0 Å². The second kappa shape index (κ2) is 7.93. The molecule has 0 saturated carbocycles. The molecule has 0 aliphatic rings. The molecule has 0 saturated heterocycles. The van der Waals surface area contributed by atoms with Crippen LogP contribution in [0.5, 0.6) is 0 Å². The molecular formula is C12H22N4O8. The maximum atomic E-state index is 11.1. The van der Waals surface area contributed by atoms with Crippen molar-refractivity contribution in [1.82, 2.24) is 0 Å². The zero-order chi connectivity index (χ0) is 19.3. The number of hydrogen-bond donors (Lipinski definition) is 0. The Hall–Kier alpha value is -2.40. The van der Waals surface area contributed by atoms with Gasteiger partial charge >= 0.3 is 0 Å². The predicted molar refractivity (Wildman–Crippen MR) is 82.2 cm³/mol. The van der Waals surface area contributed by atoms with Crippen molar-refractivity contribution in [3.63, 3.8) is 0 Å². The van der Waals surface area contributed by atoms with E-state index < -0.39 is 42.9 Å². The summed E-state index contributed by atoms with van der Waals surface area (Å²) in [4.78, 5) is 41.3. The Labute approximate surface area is 137 Å². The van der Waals surface area contributed by atoms with E-state index in [1.54, 1.807) is 0 Å². The smallest absolute Gasteiger partial charge is 0.223 e. The molecule has 0 aromatic carbocycles.